The summed E-state index contributed by atoms with van der Waals surface area (Å²) in [6.07, 6.45) is 7.57. The number of hydrogen-bond donors (Lipinski definition) is 0. The van der Waals surface area contributed by atoms with E-state index in [1.54, 1.807) is 0 Å². The molecule has 0 saturated heterocycles. The molecule has 0 N–H and O–H groups in total. The first-order chi connectivity index (χ1) is 4.43. The van der Waals surface area contributed by atoms with Gasteiger partial charge in [-0.1, -0.05) is 0 Å². The summed E-state index contributed by atoms with van der Waals surface area (Å²) in [7, 11) is 0. The van der Waals surface area contributed by atoms with Gasteiger partial charge in [-0.3, -0.25) is 0 Å². The Morgan fingerprint density at radius 3 is 2.44 bits per heavy atom. The van der Waals surface area contributed by atoms with Crippen LogP contribution in [0.1, 0.15) is 32.1 Å². The Hall–Kier alpha value is 1.04. The van der Waals surface area contributed by atoms with Gasteiger partial charge in [-0.15, -0.1) is 0 Å². The summed E-state index contributed by atoms with van der Waals surface area (Å²) in [4.78, 5) is 0. The maximum absolute atomic E-state index is 2.76. The molecule has 54 valence electrons. The molecule has 1 aliphatic rings. The van der Waals surface area contributed by atoms with Crippen molar-refractivity contribution in [2.75, 3.05) is 0 Å². The summed E-state index contributed by atoms with van der Waals surface area (Å²) in [6, 6.07) is 0. The molecule has 0 unspecified atom stereocenters. The molecule has 0 heterocycles. The van der Waals surface area contributed by atoms with Crippen molar-refractivity contribution in [3.8, 4) is 0 Å². The second-order valence-corrected chi connectivity index (χ2v) is 6.86. The first-order valence-corrected chi connectivity index (χ1v) is 9.65. The Morgan fingerprint density at radius 2 is 1.89 bits per heavy atom. The van der Waals surface area contributed by atoms with Crippen molar-refractivity contribution in [3.63, 3.8) is 0 Å². The van der Waals surface area contributed by atoms with Gasteiger partial charge in [-0.2, -0.15) is 0 Å². The standard InChI is InChI=1S/C7H14Se2/c8-9-6-7-4-2-1-3-5-7/h7-8H,1-6H2. The summed E-state index contributed by atoms with van der Waals surface area (Å²) in [5, 5.41) is 1.52. The van der Waals surface area contributed by atoms with E-state index in [-0.39, 0.29) is 0 Å². The second kappa shape index (κ2) is 4.79. The van der Waals surface area contributed by atoms with E-state index in [2.05, 4.69) is 14.2 Å². The molecule has 0 aromatic heterocycles. The molecular formula is C7H14Se2. The molecular weight excluding hydrogens is 242 g/mol. The van der Waals surface area contributed by atoms with Gasteiger partial charge in [0.25, 0.3) is 0 Å². The van der Waals surface area contributed by atoms with E-state index in [9.17, 15) is 0 Å². The van der Waals surface area contributed by atoms with E-state index in [0.717, 1.165) is 19.0 Å². The van der Waals surface area contributed by atoms with Crippen LogP contribution in [-0.2, 0) is 0 Å². The molecule has 1 saturated carbocycles. The molecule has 0 nitrogen and oxygen atoms in total. The maximum atomic E-state index is 2.76. The third kappa shape index (κ3) is 3.09. The molecule has 0 aromatic carbocycles. The van der Waals surface area contributed by atoms with Crippen LogP contribution in [0.2, 0.25) is 5.32 Å². The molecule has 0 radical (unpaired) electrons. The predicted molar refractivity (Wildman–Crippen MR) is 44.3 cm³/mol. The first kappa shape index (κ1) is 8.14. The van der Waals surface area contributed by atoms with Crippen LogP contribution >= 0.6 is 0 Å². The third-order valence-corrected chi connectivity index (χ3v) is 4.96. The van der Waals surface area contributed by atoms with Gasteiger partial charge in [-0.05, 0) is 0 Å². The average molecular weight is 256 g/mol. The minimum absolute atomic E-state index is 0.870. The van der Waals surface area contributed by atoms with Gasteiger partial charge in [0.15, 0.2) is 0 Å². The fourth-order valence-electron chi connectivity index (χ4n) is 1.46. The van der Waals surface area contributed by atoms with Crippen LogP contribution in [-0.4, -0.2) is 27.3 Å². The molecule has 0 atom stereocenters. The van der Waals surface area contributed by atoms with Crippen molar-refractivity contribution in [1.82, 2.24) is 0 Å². The zero-order valence-corrected chi connectivity index (χ0v) is 9.27. The Labute approximate surface area is 70.7 Å². The Bertz CT molecular complexity index is 64.6. The molecule has 1 fully saturated rings. The van der Waals surface area contributed by atoms with E-state index in [1.807, 2.05) is 0 Å². The zero-order chi connectivity index (χ0) is 6.53. The monoisotopic (exact) mass is 258 g/mol. The second-order valence-electron chi connectivity index (χ2n) is 2.80. The van der Waals surface area contributed by atoms with Gasteiger partial charge >= 0.3 is 70.7 Å². The van der Waals surface area contributed by atoms with Gasteiger partial charge in [0.1, 0.15) is 0 Å². The molecule has 0 aliphatic heterocycles. The first-order valence-electron chi connectivity index (χ1n) is 3.70. The van der Waals surface area contributed by atoms with Crippen LogP contribution < -0.4 is 0 Å². The van der Waals surface area contributed by atoms with Gasteiger partial charge < -0.3 is 0 Å². The van der Waals surface area contributed by atoms with Crippen LogP contribution in [0.4, 0.5) is 0 Å². The molecule has 0 bridgehead atoms. The van der Waals surface area contributed by atoms with Crippen molar-refractivity contribution in [2.45, 2.75) is 37.4 Å². The molecule has 0 spiro atoms. The molecule has 9 heavy (non-hydrogen) atoms. The average Bonchev–Trinajstić information content (AvgIpc) is 1.91. The summed E-state index contributed by atoms with van der Waals surface area (Å²) in [5.41, 5.74) is 0. The van der Waals surface area contributed by atoms with Crippen LogP contribution in [0.3, 0.4) is 0 Å². The van der Waals surface area contributed by atoms with Gasteiger partial charge in [0.2, 0.25) is 0 Å². The summed E-state index contributed by atoms with van der Waals surface area (Å²) in [5.74, 6) is 1.11. The summed E-state index contributed by atoms with van der Waals surface area (Å²) in [6.45, 7) is 0. The van der Waals surface area contributed by atoms with Crippen LogP contribution in [0, 0.1) is 5.92 Å². The van der Waals surface area contributed by atoms with Crippen molar-refractivity contribution in [2.24, 2.45) is 5.92 Å². The van der Waals surface area contributed by atoms with E-state index >= 15 is 0 Å². The van der Waals surface area contributed by atoms with Crippen molar-refractivity contribution < 1.29 is 0 Å². The van der Waals surface area contributed by atoms with Crippen molar-refractivity contribution in [3.05, 3.63) is 0 Å². The van der Waals surface area contributed by atoms with Crippen LogP contribution in [0.15, 0.2) is 0 Å². The van der Waals surface area contributed by atoms with E-state index in [0.29, 0.717) is 0 Å². The summed E-state index contributed by atoms with van der Waals surface area (Å²) >= 11 is 3.63. The fraction of sp³-hybridized carbons (Fsp3) is 1.00. The van der Waals surface area contributed by atoms with Gasteiger partial charge in [0, 0.05) is 0 Å². The van der Waals surface area contributed by atoms with Crippen LogP contribution in [0.5, 0.6) is 0 Å². The Morgan fingerprint density at radius 1 is 1.22 bits per heavy atom. The third-order valence-electron chi connectivity index (χ3n) is 2.03. The Balaban J connectivity index is 2.08. The van der Waals surface area contributed by atoms with E-state index in [4.69, 9.17) is 0 Å². The molecule has 0 aromatic rings. The molecule has 0 amide bonds. The number of rotatable bonds is 2. The van der Waals surface area contributed by atoms with Crippen molar-refractivity contribution >= 4 is 27.3 Å². The molecule has 1 aliphatic carbocycles. The SMILES string of the molecule is [SeH][Se]CC1CCCCC1. The topological polar surface area (TPSA) is 0 Å². The minimum atomic E-state index is 0.870. The van der Waals surface area contributed by atoms with Gasteiger partial charge in [-0.25, -0.2) is 0 Å². The number of hydrogen-bond acceptors (Lipinski definition) is 0. The molecule has 1 rings (SSSR count). The molecule has 2 heteroatoms. The Kier molecular flexibility index (Phi) is 4.33. The fourth-order valence-corrected chi connectivity index (χ4v) is 4.90. The van der Waals surface area contributed by atoms with E-state index in [1.165, 1.54) is 37.4 Å². The normalized spacial score (nSPS) is 22.3. The van der Waals surface area contributed by atoms with E-state index < -0.39 is 0 Å². The quantitative estimate of drug-likeness (QED) is 0.657. The summed E-state index contributed by atoms with van der Waals surface area (Å²) < 4.78 is 0. The predicted octanol–water partition coefficient (Wildman–Crippen LogP) is 1.50. The van der Waals surface area contributed by atoms with Crippen molar-refractivity contribution in [1.29, 1.82) is 0 Å². The zero-order valence-electron chi connectivity index (χ0n) is 5.68. The van der Waals surface area contributed by atoms with Crippen LogP contribution in [0.25, 0.3) is 0 Å². The van der Waals surface area contributed by atoms with Gasteiger partial charge in [0.05, 0.1) is 0 Å².